The Balaban J connectivity index is 1.55. The predicted octanol–water partition coefficient (Wildman–Crippen LogP) is 3.27. The number of alkyl halides is 2. The highest BCUT2D eigenvalue weighted by atomic mass is 32.2. The van der Waals surface area contributed by atoms with Crippen LogP contribution in [0.15, 0.2) is 18.2 Å². The van der Waals surface area contributed by atoms with Gasteiger partial charge in [-0.3, -0.25) is 9.00 Å². The van der Waals surface area contributed by atoms with Crippen molar-refractivity contribution in [2.24, 2.45) is 5.92 Å². The maximum atomic E-state index is 13.1. The first kappa shape index (κ1) is 15.1. The van der Waals surface area contributed by atoms with Gasteiger partial charge in [-0.15, -0.1) is 8.78 Å². The molecule has 23 heavy (non-hydrogen) atoms. The molecule has 2 unspecified atom stereocenters. The third-order valence-electron chi connectivity index (χ3n) is 4.86. The first-order chi connectivity index (χ1) is 10.9. The van der Waals surface area contributed by atoms with Crippen molar-refractivity contribution >= 4 is 16.6 Å². The first-order valence-corrected chi connectivity index (χ1v) is 9.04. The summed E-state index contributed by atoms with van der Waals surface area (Å²) in [6, 6.07) is 4.15. The highest BCUT2D eigenvalue weighted by Crippen LogP contribution is 2.43. The number of Topliss-reactive ketones (excluding diaryl/α,β-unsaturated/α-hetero) is 1. The van der Waals surface area contributed by atoms with Gasteiger partial charge in [0.15, 0.2) is 17.3 Å². The zero-order valence-corrected chi connectivity index (χ0v) is 13.1. The van der Waals surface area contributed by atoms with Crippen LogP contribution in [0.25, 0.3) is 0 Å². The maximum Gasteiger partial charge on any atom is 0.586 e. The zero-order valence-electron chi connectivity index (χ0n) is 12.3. The van der Waals surface area contributed by atoms with Gasteiger partial charge in [0.1, 0.15) is 0 Å². The lowest BCUT2D eigenvalue weighted by atomic mass is 9.84. The highest BCUT2D eigenvalue weighted by Gasteiger charge is 2.44. The van der Waals surface area contributed by atoms with Crippen molar-refractivity contribution < 1.29 is 27.3 Å². The molecule has 2 atom stereocenters. The summed E-state index contributed by atoms with van der Waals surface area (Å²) in [6.45, 7) is 0. The van der Waals surface area contributed by atoms with Crippen molar-refractivity contribution in [3.05, 3.63) is 23.8 Å². The van der Waals surface area contributed by atoms with Gasteiger partial charge >= 0.3 is 6.29 Å². The molecule has 0 aromatic heterocycles. The van der Waals surface area contributed by atoms with Crippen molar-refractivity contribution in [3.63, 3.8) is 0 Å². The van der Waals surface area contributed by atoms with E-state index in [1.54, 1.807) is 0 Å². The molecule has 0 N–H and O–H groups in total. The molecule has 0 amide bonds. The van der Waals surface area contributed by atoms with E-state index in [9.17, 15) is 17.8 Å². The molecule has 2 saturated heterocycles. The van der Waals surface area contributed by atoms with Crippen molar-refractivity contribution in [2.75, 3.05) is 0 Å². The Kier molecular flexibility index (Phi) is 3.44. The average Bonchev–Trinajstić information content (AvgIpc) is 2.79. The molecule has 0 aliphatic carbocycles. The molecule has 2 fully saturated rings. The fourth-order valence-corrected chi connectivity index (χ4v) is 5.97. The number of ether oxygens (including phenoxy) is 2. The molecular formula is C16H16F2O4S. The van der Waals surface area contributed by atoms with Crippen LogP contribution in [0.3, 0.4) is 0 Å². The van der Waals surface area contributed by atoms with Gasteiger partial charge in [-0.05, 0) is 43.9 Å². The molecule has 1 aromatic rings. The highest BCUT2D eigenvalue weighted by molar-refractivity contribution is 7.86. The van der Waals surface area contributed by atoms with Crippen LogP contribution in [0.2, 0.25) is 0 Å². The van der Waals surface area contributed by atoms with E-state index >= 15 is 0 Å². The predicted molar refractivity (Wildman–Crippen MR) is 79.3 cm³/mol. The van der Waals surface area contributed by atoms with E-state index in [4.69, 9.17) is 0 Å². The molecule has 3 aliphatic heterocycles. The zero-order chi connectivity index (χ0) is 16.2. The minimum absolute atomic E-state index is 0.0619. The Hall–Kier alpha value is -1.50. The molecule has 3 heterocycles. The summed E-state index contributed by atoms with van der Waals surface area (Å²) in [6.07, 6.45) is 0.434. The number of halogens is 2. The molecule has 124 valence electrons. The summed E-state index contributed by atoms with van der Waals surface area (Å²) in [5, 5.41) is 0.185. The van der Waals surface area contributed by atoms with Gasteiger partial charge < -0.3 is 9.47 Å². The second-order valence-electron chi connectivity index (χ2n) is 6.37. The molecule has 7 heteroatoms. The van der Waals surface area contributed by atoms with Gasteiger partial charge in [-0.1, -0.05) is 6.42 Å². The Bertz CT molecular complexity index is 675. The standard InChI is InChI=1S/C16H16F2O4S/c17-16(18)21-13-5-4-9(8-14(13)22-16)15(19)10-6-11-2-1-3-12(7-10)23(11)20/h4-5,8,10-12H,1-3,6-7H2. The van der Waals surface area contributed by atoms with Crippen LogP contribution >= 0.6 is 0 Å². The van der Waals surface area contributed by atoms with Crippen LogP contribution in [-0.2, 0) is 10.8 Å². The minimum Gasteiger partial charge on any atom is -0.395 e. The molecule has 0 saturated carbocycles. The second-order valence-corrected chi connectivity index (χ2v) is 8.36. The van der Waals surface area contributed by atoms with Crippen molar-refractivity contribution in [1.29, 1.82) is 0 Å². The minimum atomic E-state index is -3.68. The fraction of sp³-hybridized carbons (Fsp3) is 0.562. The average molecular weight is 342 g/mol. The third-order valence-corrected chi connectivity index (χ3v) is 7.03. The molecule has 4 rings (SSSR count). The number of ketones is 1. The van der Waals surface area contributed by atoms with Crippen molar-refractivity contribution in [1.82, 2.24) is 0 Å². The van der Waals surface area contributed by atoms with E-state index in [1.807, 2.05) is 0 Å². The molecule has 3 aliphatic rings. The van der Waals surface area contributed by atoms with Crippen molar-refractivity contribution in [2.45, 2.75) is 48.9 Å². The summed E-state index contributed by atoms with van der Waals surface area (Å²) >= 11 is 0. The van der Waals surface area contributed by atoms with E-state index in [2.05, 4.69) is 9.47 Å². The fourth-order valence-electron chi connectivity index (χ4n) is 3.79. The van der Waals surface area contributed by atoms with Gasteiger partial charge in [0, 0.05) is 32.8 Å². The Morgan fingerprint density at radius 1 is 1.13 bits per heavy atom. The smallest absolute Gasteiger partial charge is 0.395 e. The molecule has 0 radical (unpaired) electrons. The number of carbonyl (C=O) groups excluding carboxylic acids is 1. The summed E-state index contributed by atoms with van der Waals surface area (Å²) in [5.41, 5.74) is 0.348. The van der Waals surface area contributed by atoms with Gasteiger partial charge in [0.05, 0.1) is 0 Å². The van der Waals surface area contributed by atoms with E-state index in [0.29, 0.717) is 18.4 Å². The van der Waals surface area contributed by atoms with Gasteiger partial charge in [0.25, 0.3) is 0 Å². The third kappa shape index (κ3) is 2.65. The lowest BCUT2D eigenvalue weighted by Crippen LogP contribution is -2.41. The molecule has 2 bridgehead atoms. The van der Waals surface area contributed by atoms with Gasteiger partial charge in [0.2, 0.25) is 0 Å². The maximum absolute atomic E-state index is 13.1. The topological polar surface area (TPSA) is 52.6 Å². The number of benzene rings is 1. The normalized spacial score (nSPS) is 34.2. The van der Waals surface area contributed by atoms with E-state index in [1.165, 1.54) is 18.2 Å². The van der Waals surface area contributed by atoms with E-state index in [-0.39, 0.29) is 33.7 Å². The number of carbonyl (C=O) groups is 1. The van der Waals surface area contributed by atoms with Crippen LogP contribution in [-0.4, -0.2) is 26.8 Å². The quantitative estimate of drug-likeness (QED) is 0.774. The molecule has 4 nitrogen and oxygen atoms in total. The van der Waals surface area contributed by atoms with Crippen LogP contribution in [0.4, 0.5) is 8.78 Å². The summed E-state index contributed by atoms with van der Waals surface area (Å²) in [5.74, 6) is -0.447. The number of hydrogen-bond donors (Lipinski definition) is 0. The van der Waals surface area contributed by atoms with E-state index in [0.717, 1.165) is 19.3 Å². The summed E-state index contributed by atoms with van der Waals surface area (Å²) in [4.78, 5) is 12.7. The van der Waals surface area contributed by atoms with Crippen molar-refractivity contribution in [3.8, 4) is 11.5 Å². The second kappa shape index (κ2) is 5.26. The SMILES string of the molecule is O=C(c1ccc2c(c1)OC(F)(F)O2)C1CC2CCCC(C1)S2=O. The number of hydrogen-bond acceptors (Lipinski definition) is 4. The lowest BCUT2D eigenvalue weighted by molar-refractivity contribution is -0.286. The summed E-state index contributed by atoms with van der Waals surface area (Å²) in [7, 11) is -0.836. The van der Waals surface area contributed by atoms with E-state index < -0.39 is 17.1 Å². The molecule has 0 spiro atoms. The van der Waals surface area contributed by atoms with Crippen LogP contribution in [0.5, 0.6) is 11.5 Å². The van der Waals surface area contributed by atoms with Crippen LogP contribution < -0.4 is 9.47 Å². The Labute approximate surface area is 134 Å². The first-order valence-electron chi connectivity index (χ1n) is 7.76. The van der Waals surface area contributed by atoms with Crippen LogP contribution in [0, 0.1) is 5.92 Å². The largest absolute Gasteiger partial charge is 0.586 e. The number of fused-ring (bicyclic) bond motifs is 3. The number of rotatable bonds is 2. The molecular weight excluding hydrogens is 326 g/mol. The monoisotopic (exact) mass is 342 g/mol. The Morgan fingerprint density at radius 3 is 2.48 bits per heavy atom. The van der Waals surface area contributed by atoms with Crippen LogP contribution in [0.1, 0.15) is 42.5 Å². The van der Waals surface area contributed by atoms with Gasteiger partial charge in [-0.25, -0.2) is 0 Å². The Morgan fingerprint density at radius 2 is 1.78 bits per heavy atom. The molecule has 1 aromatic carbocycles. The lowest BCUT2D eigenvalue weighted by Gasteiger charge is -2.37. The summed E-state index contributed by atoms with van der Waals surface area (Å²) < 4.78 is 47.1. The van der Waals surface area contributed by atoms with Gasteiger partial charge in [-0.2, -0.15) is 0 Å².